The molecule has 0 saturated heterocycles. The van der Waals surface area contributed by atoms with Crippen LogP contribution in [0.15, 0.2) is 46.9 Å². The van der Waals surface area contributed by atoms with Crippen LogP contribution in [0.25, 0.3) is 0 Å². The van der Waals surface area contributed by atoms with Crippen LogP contribution in [0.4, 0.5) is 0 Å². The first-order chi connectivity index (χ1) is 10.0. The van der Waals surface area contributed by atoms with Gasteiger partial charge >= 0.3 is 0 Å². The lowest BCUT2D eigenvalue weighted by atomic mass is 9.78. The van der Waals surface area contributed by atoms with Gasteiger partial charge in [-0.15, -0.1) is 23.2 Å². The van der Waals surface area contributed by atoms with Gasteiger partial charge in [0, 0.05) is 31.7 Å². The first-order valence-corrected chi connectivity index (χ1v) is 8.95. The molecule has 0 aliphatic heterocycles. The summed E-state index contributed by atoms with van der Waals surface area (Å²) >= 11 is 28.5. The molecule has 0 amide bonds. The molecule has 0 fully saturated rings. The summed E-state index contributed by atoms with van der Waals surface area (Å²) in [6, 6.07) is 13.4. The van der Waals surface area contributed by atoms with Gasteiger partial charge in [-0.3, -0.25) is 0 Å². The molecule has 112 valence electrons. The van der Waals surface area contributed by atoms with Gasteiger partial charge in [-0.25, -0.2) is 0 Å². The van der Waals surface area contributed by atoms with Crippen molar-refractivity contribution in [1.82, 2.24) is 0 Å². The van der Waals surface area contributed by atoms with E-state index in [1.54, 1.807) is 12.1 Å². The van der Waals surface area contributed by atoms with Gasteiger partial charge in [-0.05, 0) is 41.8 Å². The highest BCUT2D eigenvalue weighted by molar-refractivity contribution is 9.10. The van der Waals surface area contributed by atoms with Crippen LogP contribution in [0.3, 0.4) is 0 Å². The molecule has 0 heterocycles. The Labute approximate surface area is 153 Å². The second kappa shape index (κ2) is 7.57. The molecule has 0 aromatic heterocycles. The third-order valence-electron chi connectivity index (χ3n) is 3.49. The molecule has 0 radical (unpaired) electrons. The van der Waals surface area contributed by atoms with Crippen LogP contribution in [-0.2, 0) is 11.8 Å². The van der Waals surface area contributed by atoms with E-state index in [9.17, 15) is 0 Å². The van der Waals surface area contributed by atoms with Crippen molar-refractivity contribution in [2.24, 2.45) is 0 Å². The fourth-order valence-electron chi connectivity index (χ4n) is 2.30. The van der Waals surface area contributed by atoms with Gasteiger partial charge in [0.05, 0.1) is 0 Å². The summed E-state index contributed by atoms with van der Waals surface area (Å²) in [4.78, 5) is 0. The van der Waals surface area contributed by atoms with Crippen molar-refractivity contribution >= 4 is 62.3 Å². The minimum absolute atomic E-state index is 0.391. The van der Waals surface area contributed by atoms with Crippen LogP contribution < -0.4 is 0 Å². The number of hydrogen-bond acceptors (Lipinski definition) is 0. The standard InChI is InChI=1S/C16H13BrCl4/c17-14-4-2-1-3-13(14)16(9-18,10-19)8-11-7-12(20)5-6-15(11)21/h1-7H,8-10H2. The topological polar surface area (TPSA) is 0 Å². The zero-order valence-electron chi connectivity index (χ0n) is 11.1. The number of rotatable bonds is 5. The van der Waals surface area contributed by atoms with Gasteiger partial charge in [0.25, 0.3) is 0 Å². The summed E-state index contributed by atoms with van der Waals surface area (Å²) in [6.45, 7) is 0. The molecule has 2 aromatic rings. The molecule has 21 heavy (non-hydrogen) atoms. The summed E-state index contributed by atoms with van der Waals surface area (Å²) in [5.41, 5.74) is 1.62. The maximum atomic E-state index is 6.29. The Bertz CT molecular complexity index is 623. The molecule has 0 bridgehead atoms. The SMILES string of the molecule is ClCC(CCl)(Cc1cc(Cl)ccc1Cl)c1ccccc1Br. The maximum Gasteiger partial charge on any atom is 0.0439 e. The first kappa shape index (κ1) is 17.4. The molecule has 2 rings (SSSR count). The largest absolute Gasteiger partial charge is 0.126 e. The summed E-state index contributed by atoms with van der Waals surface area (Å²) < 4.78 is 0.990. The van der Waals surface area contributed by atoms with E-state index in [2.05, 4.69) is 15.9 Å². The van der Waals surface area contributed by atoms with Gasteiger partial charge in [0.2, 0.25) is 0 Å². The average Bonchev–Trinajstić information content (AvgIpc) is 2.49. The maximum absolute atomic E-state index is 6.29. The molecular weight excluding hydrogens is 414 g/mol. The summed E-state index contributed by atoms with van der Waals surface area (Å²) in [5, 5.41) is 1.32. The Morgan fingerprint density at radius 3 is 2.24 bits per heavy atom. The Hall–Kier alpha value is 0.0800. The number of alkyl halides is 2. The van der Waals surface area contributed by atoms with Crippen LogP contribution in [-0.4, -0.2) is 11.8 Å². The van der Waals surface area contributed by atoms with Crippen LogP contribution in [0.1, 0.15) is 11.1 Å². The monoisotopic (exact) mass is 424 g/mol. The lowest BCUT2D eigenvalue weighted by Crippen LogP contribution is -2.34. The van der Waals surface area contributed by atoms with Gasteiger partial charge < -0.3 is 0 Å². The van der Waals surface area contributed by atoms with E-state index in [0.717, 1.165) is 15.6 Å². The van der Waals surface area contributed by atoms with E-state index in [0.29, 0.717) is 28.2 Å². The van der Waals surface area contributed by atoms with Crippen molar-refractivity contribution in [2.45, 2.75) is 11.8 Å². The second-order valence-corrected chi connectivity index (χ2v) is 7.17. The molecule has 0 nitrogen and oxygen atoms in total. The molecule has 0 spiro atoms. The van der Waals surface area contributed by atoms with Gasteiger partial charge in [0.1, 0.15) is 0 Å². The Kier molecular flexibility index (Phi) is 6.28. The highest BCUT2D eigenvalue weighted by Crippen LogP contribution is 2.38. The molecule has 0 aliphatic rings. The third kappa shape index (κ3) is 3.89. The third-order valence-corrected chi connectivity index (χ3v) is 5.81. The predicted octanol–water partition coefficient (Wildman–Crippen LogP) is 6.71. The van der Waals surface area contributed by atoms with Crippen molar-refractivity contribution < 1.29 is 0 Å². The lowest BCUT2D eigenvalue weighted by Gasteiger charge is -2.31. The quantitative estimate of drug-likeness (QED) is 0.466. The van der Waals surface area contributed by atoms with Crippen molar-refractivity contribution in [3.8, 4) is 0 Å². The Morgan fingerprint density at radius 2 is 1.62 bits per heavy atom. The molecule has 0 N–H and O–H groups in total. The zero-order valence-corrected chi connectivity index (χ0v) is 15.7. The van der Waals surface area contributed by atoms with Crippen LogP contribution in [0.5, 0.6) is 0 Å². The summed E-state index contributed by atoms with van der Waals surface area (Å²) in [6.07, 6.45) is 0.627. The lowest BCUT2D eigenvalue weighted by molar-refractivity contribution is 0.534. The van der Waals surface area contributed by atoms with Crippen LogP contribution in [0, 0.1) is 0 Å². The molecule has 2 aromatic carbocycles. The predicted molar refractivity (Wildman–Crippen MR) is 97.4 cm³/mol. The second-order valence-electron chi connectivity index (χ2n) is 4.94. The van der Waals surface area contributed by atoms with E-state index in [1.165, 1.54) is 0 Å². The fourth-order valence-corrected chi connectivity index (χ4v) is 4.15. The van der Waals surface area contributed by atoms with E-state index in [4.69, 9.17) is 46.4 Å². The molecule has 0 aliphatic carbocycles. The first-order valence-electron chi connectivity index (χ1n) is 6.33. The van der Waals surface area contributed by atoms with E-state index >= 15 is 0 Å². The van der Waals surface area contributed by atoms with E-state index in [1.807, 2.05) is 30.3 Å². The minimum Gasteiger partial charge on any atom is -0.126 e. The summed E-state index contributed by atoms with van der Waals surface area (Å²) in [7, 11) is 0. The molecule has 0 unspecified atom stereocenters. The van der Waals surface area contributed by atoms with Crippen LogP contribution in [0.2, 0.25) is 10.0 Å². The highest BCUT2D eigenvalue weighted by Gasteiger charge is 2.33. The Morgan fingerprint density at radius 1 is 0.952 bits per heavy atom. The number of halogens is 5. The summed E-state index contributed by atoms with van der Waals surface area (Å²) in [5.74, 6) is 0.782. The average molecular weight is 427 g/mol. The normalized spacial score (nSPS) is 11.7. The molecule has 5 heteroatoms. The van der Waals surface area contributed by atoms with Gasteiger partial charge in [-0.2, -0.15) is 0 Å². The van der Waals surface area contributed by atoms with E-state index < -0.39 is 5.41 Å². The highest BCUT2D eigenvalue weighted by atomic mass is 79.9. The fraction of sp³-hybridized carbons (Fsp3) is 0.250. The van der Waals surface area contributed by atoms with Crippen LogP contribution >= 0.6 is 62.3 Å². The van der Waals surface area contributed by atoms with Gasteiger partial charge in [-0.1, -0.05) is 57.3 Å². The van der Waals surface area contributed by atoms with Crippen molar-refractivity contribution in [2.75, 3.05) is 11.8 Å². The smallest absolute Gasteiger partial charge is 0.0439 e. The van der Waals surface area contributed by atoms with E-state index in [-0.39, 0.29) is 0 Å². The van der Waals surface area contributed by atoms with Gasteiger partial charge in [0.15, 0.2) is 0 Å². The van der Waals surface area contributed by atoms with Crippen molar-refractivity contribution in [3.63, 3.8) is 0 Å². The van der Waals surface area contributed by atoms with Crippen molar-refractivity contribution in [3.05, 3.63) is 68.1 Å². The number of benzene rings is 2. The Balaban J connectivity index is 2.48. The van der Waals surface area contributed by atoms with Crippen molar-refractivity contribution in [1.29, 1.82) is 0 Å². The molecule has 0 atom stereocenters. The molecular formula is C16H13BrCl4. The minimum atomic E-state index is -0.405. The zero-order chi connectivity index (χ0) is 15.5. The number of hydrogen-bond donors (Lipinski definition) is 0. The molecule has 0 saturated carbocycles.